The van der Waals surface area contributed by atoms with E-state index < -0.39 is 11.6 Å². The molecule has 0 spiro atoms. The zero-order valence-corrected chi connectivity index (χ0v) is 13.1. The van der Waals surface area contributed by atoms with Crippen molar-refractivity contribution in [3.05, 3.63) is 34.3 Å². The van der Waals surface area contributed by atoms with E-state index in [1.165, 1.54) is 0 Å². The van der Waals surface area contributed by atoms with Crippen LogP contribution in [0.25, 0.3) is 0 Å². The number of carboxylic acid groups (broad SMARTS) is 1. The molecule has 1 aliphatic rings. The fraction of sp³-hybridized carbons (Fsp3) is 0.533. The van der Waals surface area contributed by atoms with Crippen LogP contribution in [-0.2, 0) is 0 Å². The van der Waals surface area contributed by atoms with Crippen LogP contribution in [0.4, 0.5) is 4.79 Å². The molecule has 1 aromatic rings. The maximum absolute atomic E-state index is 11.7. The molecule has 0 aromatic heterocycles. The molecule has 1 aromatic carbocycles. The second-order valence-corrected chi connectivity index (χ2v) is 7.07. The molecule has 2 rings (SSSR count). The molecule has 4 heteroatoms. The molecule has 1 fully saturated rings. The lowest BCUT2D eigenvalue weighted by molar-refractivity contribution is 0.0621. The lowest BCUT2D eigenvalue weighted by atomic mass is 9.95. The lowest BCUT2D eigenvalue weighted by Crippen LogP contribution is -2.47. The highest BCUT2D eigenvalue weighted by molar-refractivity contribution is 9.10. The third-order valence-electron chi connectivity index (χ3n) is 3.49. The number of hydrogen-bond donors (Lipinski definition) is 1. The predicted octanol–water partition coefficient (Wildman–Crippen LogP) is 4.68. The van der Waals surface area contributed by atoms with Gasteiger partial charge in [0.2, 0.25) is 0 Å². The summed E-state index contributed by atoms with van der Waals surface area (Å²) in [5.41, 5.74) is 0.689. The van der Waals surface area contributed by atoms with Gasteiger partial charge in [0.1, 0.15) is 0 Å². The van der Waals surface area contributed by atoms with Crippen molar-refractivity contribution < 1.29 is 9.90 Å². The highest BCUT2D eigenvalue weighted by Crippen LogP contribution is 2.46. The fourth-order valence-corrected chi connectivity index (χ4v) is 2.79. The van der Waals surface area contributed by atoms with E-state index in [1.807, 2.05) is 45.0 Å². The van der Waals surface area contributed by atoms with Gasteiger partial charge in [-0.2, -0.15) is 0 Å². The Morgan fingerprint density at radius 1 is 1.32 bits per heavy atom. The van der Waals surface area contributed by atoms with Crippen molar-refractivity contribution in [3.63, 3.8) is 0 Å². The molecule has 1 saturated carbocycles. The Balaban J connectivity index is 2.38. The SMILES string of the molecule is CC(C)(C)N(C(=O)O)C(c1ccc(Br)cc1)C1CC1. The second kappa shape index (κ2) is 5.16. The van der Waals surface area contributed by atoms with E-state index in [4.69, 9.17) is 0 Å². The summed E-state index contributed by atoms with van der Waals surface area (Å²) in [6.45, 7) is 5.86. The van der Waals surface area contributed by atoms with Crippen molar-refractivity contribution >= 4 is 22.0 Å². The first-order valence-corrected chi connectivity index (χ1v) is 7.37. The number of rotatable bonds is 3. The summed E-state index contributed by atoms with van der Waals surface area (Å²) in [7, 11) is 0. The van der Waals surface area contributed by atoms with Crippen molar-refractivity contribution in [1.29, 1.82) is 0 Å². The fourth-order valence-electron chi connectivity index (χ4n) is 2.53. The van der Waals surface area contributed by atoms with E-state index in [9.17, 15) is 9.90 Å². The first-order valence-electron chi connectivity index (χ1n) is 6.58. The predicted molar refractivity (Wildman–Crippen MR) is 79.2 cm³/mol. The van der Waals surface area contributed by atoms with E-state index in [2.05, 4.69) is 15.9 Å². The van der Waals surface area contributed by atoms with Crippen molar-refractivity contribution in [2.24, 2.45) is 5.92 Å². The molecule has 0 bridgehead atoms. The van der Waals surface area contributed by atoms with Crippen LogP contribution in [0.1, 0.15) is 45.2 Å². The number of carbonyl (C=O) groups is 1. The maximum Gasteiger partial charge on any atom is 0.408 e. The minimum absolute atomic E-state index is 0.0365. The summed E-state index contributed by atoms with van der Waals surface area (Å²) in [5.74, 6) is 0.455. The number of halogens is 1. The molecule has 0 aliphatic heterocycles. The molecule has 104 valence electrons. The van der Waals surface area contributed by atoms with Crippen LogP contribution in [-0.4, -0.2) is 21.6 Å². The largest absolute Gasteiger partial charge is 0.465 e. The summed E-state index contributed by atoms with van der Waals surface area (Å²) in [5, 5.41) is 9.59. The molecule has 1 atom stereocenters. The summed E-state index contributed by atoms with van der Waals surface area (Å²) in [6.07, 6.45) is 1.38. The van der Waals surface area contributed by atoms with Gasteiger partial charge in [-0.1, -0.05) is 28.1 Å². The monoisotopic (exact) mass is 325 g/mol. The van der Waals surface area contributed by atoms with Crippen molar-refractivity contribution in [1.82, 2.24) is 4.90 Å². The summed E-state index contributed by atoms with van der Waals surface area (Å²) in [4.78, 5) is 13.3. The highest BCUT2D eigenvalue weighted by atomic mass is 79.9. The third kappa shape index (κ3) is 3.30. The lowest BCUT2D eigenvalue weighted by Gasteiger charge is -2.40. The van der Waals surface area contributed by atoms with Crippen LogP contribution in [0.2, 0.25) is 0 Å². The van der Waals surface area contributed by atoms with Crippen LogP contribution in [0, 0.1) is 5.92 Å². The minimum atomic E-state index is -0.840. The molecule has 19 heavy (non-hydrogen) atoms. The quantitative estimate of drug-likeness (QED) is 0.876. The number of hydrogen-bond acceptors (Lipinski definition) is 1. The molecule has 1 amide bonds. The Kier molecular flexibility index (Phi) is 3.90. The molecular weight excluding hydrogens is 306 g/mol. The van der Waals surface area contributed by atoms with Crippen LogP contribution in [0.5, 0.6) is 0 Å². The molecule has 1 N–H and O–H groups in total. The topological polar surface area (TPSA) is 40.5 Å². The van der Waals surface area contributed by atoms with Gasteiger partial charge in [0, 0.05) is 10.0 Å². The van der Waals surface area contributed by atoms with Gasteiger partial charge in [-0.3, -0.25) is 4.90 Å². The molecular formula is C15H20BrNO2. The van der Waals surface area contributed by atoms with E-state index in [0.29, 0.717) is 5.92 Å². The van der Waals surface area contributed by atoms with Gasteiger partial charge in [-0.25, -0.2) is 4.79 Å². The zero-order valence-electron chi connectivity index (χ0n) is 11.6. The minimum Gasteiger partial charge on any atom is -0.465 e. The van der Waals surface area contributed by atoms with Gasteiger partial charge in [0.25, 0.3) is 0 Å². The van der Waals surface area contributed by atoms with Crippen LogP contribution in [0.15, 0.2) is 28.7 Å². The molecule has 1 aliphatic carbocycles. The van der Waals surface area contributed by atoms with Gasteiger partial charge in [0.05, 0.1) is 6.04 Å². The Labute approximate surface area is 122 Å². The summed E-state index contributed by atoms with van der Waals surface area (Å²) >= 11 is 3.42. The Hall–Kier alpha value is -1.03. The van der Waals surface area contributed by atoms with Crippen molar-refractivity contribution in [2.45, 2.75) is 45.2 Å². The Morgan fingerprint density at radius 2 is 1.84 bits per heavy atom. The number of amides is 1. The summed E-state index contributed by atoms with van der Waals surface area (Å²) in [6, 6.07) is 7.97. The number of nitrogens with zero attached hydrogens (tertiary/aromatic N) is 1. The Bertz CT molecular complexity index is 460. The average Bonchev–Trinajstić information content (AvgIpc) is 3.08. The maximum atomic E-state index is 11.7. The smallest absolute Gasteiger partial charge is 0.408 e. The Morgan fingerprint density at radius 3 is 2.21 bits per heavy atom. The van der Waals surface area contributed by atoms with E-state index >= 15 is 0 Å². The summed E-state index contributed by atoms with van der Waals surface area (Å²) < 4.78 is 1.02. The van der Waals surface area contributed by atoms with Crippen LogP contribution >= 0.6 is 15.9 Å². The van der Waals surface area contributed by atoms with E-state index in [1.54, 1.807) is 4.90 Å². The normalized spacial score (nSPS) is 17.1. The molecule has 0 saturated heterocycles. The highest BCUT2D eigenvalue weighted by Gasteiger charge is 2.42. The van der Waals surface area contributed by atoms with Crippen LogP contribution in [0.3, 0.4) is 0 Å². The average molecular weight is 326 g/mol. The van der Waals surface area contributed by atoms with Gasteiger partial charge in [-0.05, 0) is 57.2 Å². The van der Waals surface area contributed by atoms with Crippen LogP contribution < -0.4 is 0 Å². The molecule has 0 radical (unpaired) electrons. The van der Waals surface area contributed by atoms with Gasteiger partial charge >= 0.3 is 6.09 Å². The van der Waals surface area contributed by atoms with Gasteiger partial charge in [0.15, 0.2) is 0 Å². The first-order chi connectivity index (χ1) is 8.80. The molecule has 3 nitrogen and oxygen atoms in total. The van der Waals surface area contributed by atoms with Crippen molar-refractivity contribution in [3.8, 4) is 0 Å². The number of benzene rings is 1. The standard InChI is InChI=1S/C15H20BrNO2/c1-15(2,3)17(14(18)19)13(10-4-5-10)11-6-8-12(16)9-7-11/h6-10,13H,4-5H2,1-3H3,(H,18,19). The first kappa shape index (κ1) is 14.4. The third-order valence-corrected chi connectivity index (χ3v) is 4.02. The van der Waals surface area contributed by atoms with Gasteiger partial charge < -0.3 is 5.11 Å². The van der Waals surface area contributed by atoms with Gasteiger partial charge in [-0.15, -0.1) is 0 Å². The zero-order chi connectivity index (χ0) is 14.2. The molecule has 1 unspecified atom stereocenters. The second-order valence-electron chi connectivity index (χ2n) is 6.16. The van der Waals surface area contributed by atoms with E-state index in [0.717, 1.165) is 22.9 Å². The molecule has 0 heterocycles. The van der Waals surface area contributed by atoms with E-state index in [-0.39, 0.29) is 6.04 Å². The van der Waals surface area contributed by atoms with Crippen molar-refractivity contribution in [2.75, 3.05) is 0 Å².